The zero-order chi connectivity index (χ0) is 20.0. The molecule has 2 rings (SSSR count). The van der Waals surface area contributed by atoms with Gasteiger partial charge in [0.25, 0.3) is 0 Å². The Hall–Kier alpha value is -3.15. The average molecular weight is 368 g/mol. The molecular formula is C21H24N2O4. The number of amides is 2. The van der Waals surface area contributed by atoms with Gasteiger partial charge in [0.1, 0.15) is 6.42 Å². The van der Waals surface area contributed by atoms with Crippen molar-refractivity contribution in [3.8, 4) is 0 Å². The maximum Gasteiger partial charge on any atom is 0.337 e. The van der Waals surface area contributed by atoms with Crippen LogP contribution in [0.1, 0.15) is 43.1 Å². The molecule has 0 atom stereocenters. The van der Waals surface area contributed by atoms with Crippen LogP contribution in [0.3, 0.4) is 0 Å². The molecule has 2 N–H and O–H groups in total. The summed E-state index contributed by atoms with van der Waals surface area (Å²) in [7, 11) is 1.28. The lowest BCUT2D eigenvalue weighted by molar-refractivity contribution is -0.123. The quantitative estimate of drug-likeness (QED) is 0.622. The number of rotatable bonds is 5. The average Bonchev–Trinajstić information content (AvgIpc) is 2.60. The summed E-state index contributed by atoms with van der Waals surface area (Å²) < 4.78 is 4.64. The van der Waals surface area contributed by atoms with Crippen LogP contribution >= 0.6 is 0 Å². The van der Waals surface area contributed by atoms with E-state index in [1.165, 1.54) is 13.2 Å². The first-order chi connectivity index (χ1) is 12.7. The predicted molar refractivity (Wildman–Crippen MR) is 105 cm³/mol. The molecule has 0 saturated heterocycles. The lowest BCUT2D eigenvalue weighted by atomic mass is 9.87. The summed E-state index contributed by atoms with van der Waals surface area (Å²) in [6.07, 6.45) is -0.330. The van der Waals surface area contributed by atoms with Crippen molar-refractivity contribution in [1.82, 2.24) is 0 Å². The van der Waals surface area contributed by atoms with E-state index in [1.54, 1.807) is 18.2 Å². The van der Waals surface area contributed by atoms with Crippen molar-refractivity contribution >= 4 is 29.2 Å². The number of ether oxygens (including phenoxy) is 1. The summed E-state index contributed by atoms with van der Waals surface area (Å²) >= 11 is 0. The van der Waals surface area contributed by atoms with Crippen LogP contribution in [0.15, 0.2) is 48.5 Å². The van der Waals surface area contributed by atoms with Gasteiger partial charge >= 0.3 is 5.97 Å². The molecule has 2 aromatic carbocycles. The highest BCUT2D eigenvalue weighted by Gasteiger charge is 2.14. The van der Waals surface area contributed by atoms with Crippen LogP contribution in [0, 0.1) is 0 Å². The number of anilines is 2. The van der Waals surface area contributed by atoms with Gasteiger partial charge in [0, 0.05) is 11.4 Å². The van der Waals surface area contributed by atoms with E-state index in [9.17, 15) is 14.4 Å². The summed E-state index contributed by atoms with van der Waals surface area (Å²) in [5.74, 6) is -1.39. The van der Waals surface area contributed by atoms with Crippen molar-refractivity contribution in [3.63, 3.8) is 0 Å². The monoisotopic (exact) mass is 368 g/mol. The van der Waals surface area contributed by atoms with E-state index < -0.39 is 17.8 Å². The number of carbonyl (C=O) groups is 3. The maximum atomic E-state index is 12.1. The number of carbonyl (C=O) groups excluding carboxylic acids is 3. The van der Waals surface area contributed by atoms with E-state index in [0.29, 0.717) is 16.9 Å². The fourth-order valence-corrected chi connectivity index (χ4v) is 2.45. The molecule has 0 aromatic heterocycles. The molecule has 0 bridgehead atoms. The maximum absolute atomic E-state index is 12.1. The Labute approximate surface area is 158 Å². The fraction of sp³-hybridized carbons (Fsp3) is 0.286. The molecule has 0 saturated carbocycles. The molecule has 0 aliphatic heterocycles. The Morgan fingerprint density at radius 3 is 2.04 bits per heavy atom. The lowest BCUT2D eigenvalue weighted by Gasteiger charge is -2.19. The van der Waals surface area contributed by atoms with E-state index in [-0.39, 0.29) is 11.8 Å². The van der Waals surface area contributed by atoms with Crippen LogP contribution in [0.25, 0.3) is 0 Å². The molecule has 0 aliphatic carbocycles. The molecule has 0 spiro atoms. The Balaban J connectivity index is 1.92. The standard InChI is InChI=1S/C21H24N2O4/c1-21(2,3)15-8-10-16(11-9-15)22-18(24)13-19(25)23-17-7-5-6-14(12-17)20(26)27-4/h5-12H,13H2,1-4H3,(H,22,24)(H,23,25). The minimum atomic E-state index is -0.498. The molecule has 142 valence electrons. The van der Waals surface area contributed by atoms with Crippen molar-refractivity contribution in [3.05, 3.63) is 59.7 Å². The first-order valence-corrected chi connectivity index (χ1v) is 8.57. The second-order valence-corrected chi connectivity index (χ2v) is 7.17. The molecule has 0 fully saturated rings. The largest absolute Gasteiger partial charge is 0.465 e. The Morgan fingerprint density at radius 1 is 0.889 bits per heavy atom. The topological polar surface area (TPSA) is 84.5 Å². The molecule has 0 radical (unpaired) electrons. The normalized spacial score (nSPS) is 10.8. The van der Waals surface area contributed by atoms with Gasteiger partial charge in [0.05, 0.1) is 12.7 Å². The van der Waals surface area contributed by atoms with Gasteiger partial charge in [-0.15, -0.1) is 0 Å². The third-order valence-corrected chi connectivity index (χ3v) is 3.92. The molecule has 27 heavy (non-hydrogen) atoms. The van der Waals surface area contributed by atoms with Gasteiger partial charge in [0.2, 0.25) is 11.8 Å². The third-order valence-electron chi connectivity index (χ3n) is 3.92. The van der Waals surface area contributed by atoms with Gasteiger partial charge in [-0.2, -0.15) is 0 Å². The van der Waals surface area contributed by atoms with Crippen LogP contribution < -0.4 is 10.6 Å². The SMILES string of the molecule is COC(=O)c1cccc(NC(=O)CC(=O)Nc2ccc(C(C)(C)C)cc2)c1. The zero-order valence-corrected chi connectivity index (χ0v) is 16.0. The molecule has 2 amide bonds. The Morgan fingerprint density at radius 2 is 1.48 bits per heavy atom. The van der Waals surface area contributed by atoms with Crippen molar-refractivity contribution in [2.75, 3.05) is 17.7 Å². The van der Waals surface area contributed by atoms with Crippen LogP contribution in [0.2, 0.25) is 0 Å². The highest BCUT2D eigenvalue weighted by Crippen LogP contribution is 2.23. The van der Waals surface area contributed by atoms with E-state index >= 15 is 0 Å². The first-order valence-electron chi connectivity index (χ1n) is 8.57. The van der Waals surface area contributed by atoms with Gasteiger partial charge in [-0.25, -0.2) is 4.79 Å². The summed E-state index contributed by atoms with van der Waals surface area (Å²) in [6, 6.07) is 13.9. The van der Waals surface area contributed by atoms with Crippen molar-refractivity contribution in [2.45, 2.75) is 32.6 Å². The molecule has 6 heteroatoms. The van der Waals surface area contributed by atoms with E-state index in [2.05, 4.69) is 36.1 Å². The van der Waals surface area contributed by atoms with Crippen LogP contribution in [-0.2, 0) is 19.7 Å². The minimum absolute atomic E-state index is 0.0289. The molecule has 2 aromatic rings. The van der Waals surface area contributed by atoms with Crippen LogP contribution in [0.5, 0.6) is 0 Å². The summed E-state index contributed by atoms with van der Waals surface area (Å²) in [4.78, 5) is 35.7. The zero-order valence-electron chi connectivity index (χ0n) is 16.0. The van der Waals surface area contributed by atoms with Crippen molar-refractivity contribution in [1.29, 1.82) is 0 Å². The second kappa shape index (κ2) is 8.49. The number of benzene rings is 2. The lowest BCUT2D eigenvalue weighted by Crippen LogP contribution is -2.21. The second-order valence-electron chi connectivity index (χ2n) is 7.17. The molecule has 0 aliphatic rings. The number of nitrogens with one attached hydrogen (secondary N) is 2. The van der Waals surface area contributed by atoms with Gasteiger partial charge < -0.3 is 15.4 Å². The smallest absolute Gasteiger partial charge is 0.337 e. The van der Waals surface area contributed by atoms with Gasteiger partial charge in [-0.3, -0.25) is 9.59 Å². The highest BCUT2D eigenvalue weighted by atomic mass is 16.5. The number of methoxy groups -OCH3 is 1. The van der Waals surface area contributed by atoms with Crippen molar-refractivity contribution in [2.24, 2.45) is 0 Å². The van der Waals surface area contributed by atoms with Crippen LogP contribution in [0.4, 0.5) is 11.4 Å². The number of hydrogen-bond acceptors (Lipinski definition) is 4. The fourth-order valence-electron chi connectivity index (χ4n) is 2.45. The van der Waals surface area contributed by atoms with E-state index in [0.717, 1.165) is 5.56 Å². The first kappa shape index (κ1) is 20.2. The third kappa shape index (κ3) is 5.95. The van der Waals surface area contributed by atoms with Gasteiger partial charge in [-0.1, -0.05) is 39.0 Å². The Kier molecular flexibility index (Phi) is 6.34. The van der Waals surface area contributed by atoms with Gasteiger partial charge in [0.15, 0.2) is 0 Å². The number of hydrogen-bond donors (Lipinski definition) is 2. The summed E-state index contributed by atoms with van der Waals surface area (Å²) in [5.41, 5.74) is 2.56. The van der Waals surface area contributed by atoms with Crippen molar-refractivity contribution < 1.29 is 19.1 Å². The van der Waals surface area contributed by atoms with E-state index in [4.69, 9.17) is 0 Å². The predicted octanol–water partition coefficient (Wildman–Crippen LogP) is 3.74. The molecular weight excluding hydrogens is 344 g/mol. The minimum Gasteiger partial charge on any atom is -0.465 e. The number of esters is 1. The summed E-state index contributed by atoms with van der Waals surface area (Å²) in [5, 5.41) is 5.30. The molecule has 6 nitrogen and oxygen atoms in total. The van der Waals surface area contributed by atoms with E-state index in [1.807, 2.05) is 24.3 Å². The summed E-state index contributed by atoms with van der Waals surface area (Å²) in [6.45, 7) is 6.33. The molecule has 0 unspecified atom stereocenters. The van der Waals surface area contributed by atoms with Gasteiger partial charge in [-0.05, 0) is 41.3 Å². The Bertz CT molecular complexity index is 836. The molecule has 0 heterocycles. The highest BCUT2D eigenvalue weighted by molar-refractivity contribution is 6.08. The van der Waals surface area contributed by atoms with Crippen LogP contribution in [-0.4, -0.2) is 24.9 Å².